The first kappa shape index (κ1) is 12.0. The molecule has 0 saturated carbocycles. The normalized spacial score (nSPS) is 11.8. The third-order valence-corrected chi connectivity index (χ3v) is 5.16. The van der Waals surface area contributed by atoms with Crippen molar-refractivity contribution in [1.82, 2.24) is 9.97 Å². The van der Waals surface area contributed by atoms with Crippen LogP contribution in [0.2, 0.25) is 19.6 Å². The Balaban J connectivity index is 2.48. The first-order valence-electron chi connectivity index (χ1n) is 5.91. The molecule has 0 radical (unpaired) electrons. The molecule has 0 amide bonds. The van der Waals surface area contributed by atoms with Crippen molar-refractivity contribution < 1.29 is 0 Å². The highest BCUT2D eigenvalue weighted by molar-refractivity contribution is 6.78. The van der Waals surface area contributed by atoms with Crippen LogP contribution in [-0.4, -0.2) is 18.0 Å². The van der Waals surface area contributed by atoms with Gasteiger partial charge in [0.25, 0.3) is 0 Å². The fourth-order valence-corrected chi connectivity index (χ4v) is 4.25. The van der Waals surface area contributed by atoms with E-state index in [1.54, 1.807) is 0 Å². The number of pyridine rings is 2. The second-order valence-electron chi connectivity index (χ2n) is 5.31. The molecule has 0 atom stereocenters. The number of nitrogens with zero attached hydrogens (tertiary/aromatic N) is 2. The number of hydrogen-bond donors (Lipinski definition) is 0. The van der Waals surface area contributed by atoms with E-state index in [1.807, 2.05) is 24.5 Å². The van der Waals surface area contributed by atoms with Gasteiger partial charge in [0.05, 0.1) is 8.07 Å². The van der Waals surface area contributed by atoms with Crippen LogP contribution in [0.25, 0.3) is 0 Å². The van der Waals surface area contributed by atoms with E-state index in [0.717, 1.165) is 11.4 Å². The summed E-state index contributed by atoms with van der Waals surface area (Å²) in [5.74, 6) is 0. The van der Waals surface area contributed by atoms with Gasteiger partial charge in [0, 0.05) is 29.3 Å². The van der Waals surface area contributed by atoms with Crippen LogP contribution in [0.3, 0.4) is 0 Å². The van der Waals surface area contributed by atoms with Gasteiger partial charge >= 0.3 is 0 Å². The highest BCUT2D eigenvalue weighted by Gasteiger charge is 2.31. The van der Waals surface area contributed by atoms with Crippen LogP contribution in [0.5, 0.6) is 0 Å². The molecule has 2 aromatic rings. The van der Waals surface area contributed by atoms with Gasteiger partial charge in [-0.15, -0.1) is 0 Å². The Kier molecular flexibility index (Phi) is 3.38. The van der Waals surface area contributed by atoms with Crippen molar-refractivity contribution in [2.24, 2.45) is 0 Å². The van der Waals surface area contributed by atoms with E-state index in [0.29, 0.717) is 5.54 Å². The lowest BCUT2D eigenvalue weighted by molar-refractivity contribution is 0.942. The summed E-state index contributed by atoms with van der Waals surface area (Å²) in [4.78, 5) is 9.03. The molecule has 0 saturated heterocycles. The summed E-state index contributed by atoms with van der Waals surface area (Å²) >= 11 is 0. The van der Waals surface area contributed by atoms with Gasteiger partial charge in [-0.1, -0.05) is 31.8 Å². The Labute approximate surface area is 104 Å². The Morgan fingerprint density at radius 3 is 1.59 bits per heavy atom. The Morgan fingerprint density at radius 1 is 0.824 bits per heavy atom. The topological polar surface area (TPSA) is 25.8 Å². The molecule has 0 aliphatic rings. The molecule has 88 valence electrons. The van der Waals surface area contributed by atoms with Gasteiger partial charge in [-0.05, 0) is 24.3 Å². The third-order valence-electron chi connectivity index (χ3n) is 2.83. The molecule has 2 heterocycles. The molecule has 0 unspecified atom stereocenters. The van der Waals surface area contributed by atoms with Crippen LogP contribution < -0.4 is 0 Å². The van der Waals surface area contributed by atoms with E-state index in [-0.39, 0.29) is 0 Å². The van der Waals surface area contributed by atoms with Crippen LogP contribution in [-0.2, 0) is 0 Å². The summed E-state index contributed by atoms with van der Waals surface area (Å²) < 4.78 is 0. The summed E-state index contributed by atoms with van der Waals surface area (Å²) in [7, 11) is -1.39. The maximum Gasteiger partial charge on any atom is 0.0614 e. The van der Waals surface area contributed by atoms with E-state index in [4.69, 9.17) is 0 Å². The average Bonchev–Trinajstić information content (AvgIpc) is 2.30. The monoisotopic (exact) mass is 242 g/mol. The SMILES string of the molecule is C[Si](C)(C)C(c1ccccn1)c1ccccn1. The fraction of sp³-hybridized carbons (Fsp3) is 0.286. The van der Waals surface area contributed by atoms with Crippen LogP contribution >= 0.6 is 0 Å². The highest BCUT2D eigenvalue weighted by atomic mass is 28.3. The molecule has 0 N–H and O–H groups in total. The van der Waals surface area contributed by atoms with Gasteiger partial charge < -0.3 is 0 Å². The van der Waals surface area contributed by atoms with E-state index in [1.165, 1.54) is 0 Å². The van der Waals surface area contributed by atoms with Crippen molar-refractivity contribution in [2.75, 3.05) is 0 Å². The van der Waals surface area contributed by atoms with Crippen LogP contribution in [0.15, 0.2) is 48.8 Å². The van der Waals surface area contributed by atoms with Crippen molar-refractivity contribution in [3.63, 3.8) is 0 Å². The zero-order valence-corrected chi connectivity index (χ0v) is 11.6. The predicted octanol–water partition coefficient (Wildman–Crippen LogP) is 3.49. The van der Waals surface area contributed by atoms with Crippen molar-refractivity contribution in [2.45, 2.75) is 25.2 Å². The number of aromatic nitrogens is 2. The Morgan fingerprint density at radius 2 is 1.29 bits per heavy atom. The molecule has 0 bridgehead atoms. The molecule has 0 aliphatic carbocycles. The van der Waals surface area contributed by atoms with Crippen LogP contribution in [0.1, 0.15) is 16.9 Å². The van der Waals surface area contributed by atoms with Gasteiger partial charge in [-0.3, -0.25) is 9.97 Å². The van der Waals surface area contributed by atoms with E-state index >= 15 is 0 Å². The minimum Gasteiger partial charge on any atom is -0.261 e. The minimum absolute atomic E-state index is 0.366. The molecule has 0 aromatic carbocycles. The first-order chi connectivity index (χ1) is 8.09. The van der Waals surface area contributed by atoms with Gasteiger partial charge in [-0.25, -0.2) is 0 Å². The van der Waals surface area contributed by atoms with E-state index < -0.39 is 8.07 Å². The summed E-state index contributed by atoms with van der Waals surface area (Å²) in [6.45, 7) is 7.09. The summed E-state index contributed by atoms with van der Waals surface area (Å²) in [5, 5.41) is 0. The lowest BCUT2D eigenvalue weighted by Gasteiger charge is -2.27. The molecule has 17 heavy (non-hydrogen) atoms. The highest BCUT2D eigenvalue weighted by Crippen LogP contribution is 2.30. The Bertz CT molecular complexity index is 423. The summed E-state index contributed by atoms with van der Waals surface area (Å²) in [5.41, 5.74) is 2.65. The molecule has 2 nitrogen and oxygen atoms in total. The van der Waals surface area contributed by atoms with Crippen molar-refractivity contribution in [3.05, 3.63) is 60.2 Å². The fourth-order valence-electron chi connectivity index (χ4n) is 2.13. The molecule has 0 fully saturated rings. The smallest absolute Gasteiger partial charge is 0.0614 e. The van der Waals surface area contributed by atoms with Gasteiger partial charge in [-0.2, -0.15) is 0 Å². The molecule has 2 aromatic heterocycles. The lowest BCUT2D eigenvalue weighted by Crippen LogP contribution is -2.33. The molecule has 3 heteroatoms. The van der Waals surface area contributed by atoms with Gasteiger partial charge in [0.1, 0.15) is 0 Å². The van der Waals surface area contributed by atoms with Crippen molar-refractivity contribution in [3.8, 4) is 0 Å². The standard InChI is InChI=1S/C14H18N2Si/c1-17(2,3)14(12-8-4-6-10-15-12)13-9-5-7-11-16-13/h4-11,14H,1-3H3. The second kappa shape index (κ2) is 4.80. The zero-order valence-electron chi connectivity index (χ0n) is 10.6. The largest absolute Gasteiger partial charge is 0.261 e. The lowest BCUT2D eigenvalue weighted by atomic mass is 10.2. The van der Waals surface area contributed by atoms with Crippen molar-refractivity contribution >= 4 is 8.07 Å². The van der Waals surface area contributed by atoms with Gasteiger partial charge in [0.15, 0.2) is 0 Å². The molecule has 0 aliphatic heterocycles. The first-order valence-corrected chi connectivity index (χ1v) is 9.48. The number of hydrogen-bond acceptors (Lipinski definition) is 2. The van der Waals surface area contributed by atoms with Crippen molar-refractivity contribution in [1.29, 1.82) is 0 Å². The zero-order chi connectivity index (χ0) is 12.3. The average molecular weight is 242 g/mol. The summed E-state index contributed by atoms with van der Waals surface area (Å²) in [6, 6.07) is 12.2. The molecule has 2 rings (SSSR count). The maximum atomic E-state index is 4.52. The van der Waals surface area contributed by atoms with Crippen LogP contribution in [0, 0.1) is 0 Å². The van der Waals surface area contributed by atoms with Crippen LogP contribution in [0.4, 0.5) is 0 Å². The molecular formula is C14H18N2Si. The maximum absolute atomic E-state index is 4.52. The van der Waals surface area contributed by atoms with E-state index in [2.05, 4.69) is 53.9 Å². The second-order valence-corrected chi connectivity index (χ2v) is 10.6. The number of rotatable bonds is 3. The predicted molar refractivity (Wildman–Crippen MR) is 73.7 cm³/mol. The third kappa shape index (κ3) is 2.80. The van der Waals surface area contributed by atoms with Gasteiger partial charge in [0.2, 0.25) is 0 Å². The Hall–Kier alpha value is -1.48. The molecular weight excluding hydrogens is 224 g/mol. The summed E-state index contributed by atoms with van der Waals surface area (Å²) in [6.07, 6.45) is 3.73. The minimum atomic E-state index is -1.39. The quantitative estimate of drug-likeness (QED) is 0.770. The molecule has 0 spiro atoms. The van der Waals surface area contributed by atoms with E-state index in [9.17, 15) is 0 Å².